The second kappa shape index (κ2) is 10.0. The van der Waals surface area contributed by atoms with Gasteiger partial charge in [0.05, 0.1) is 31.6 Å². The molecule has 0 aliphatic heterocycles. The molecule has 0 atom stereocenters. The van der Waals surface area contributed by atoms with Crippen molar-refractivity contribution in [1.29, 1.82) is 0 Å². The highest BCUT2D eigenvalue weighted by Gasteiger charge is 2.35. The highest BCUT2D eigenvalue weighted by atomic mass is 15.1. The smallest absolute Gasteiger partial charge is 0.114 e. The van der Waals surface area contributed by atoms with E-state index >= 15 is 0 Å². The van der Waals surface area contributed by atoms with Gasteiger partial charge >= 0.3 is 0 Å². The molecule has 0 fully saturated rings. The van der Waals surface area contributed by atoms with Crippen molar-refractivity contribution in [2.24, 2.45) is 0 Å². The van der Waals surface area contributed by atoms with Crippen molar-refractivity contribution < 1.29 is 20.6 Å². The van der Waals surface area contributed by atoms with Crippen molar-refractivity contribution in [3.05, 3.63) is 156 Å². The van der Waals surface area contributed by atoms with Crippen LogP contribution < -0.4 is 0 Å². The number of nitrogens with zero attached hydrogens (tertiary/aromatic N) is 2. The first kappa shape index (κ1) is 15.7. The van der Waals surface area contributed by atoms with E-state index in [2.05, 4.69) is 0 Å². The Labute approximate surface area is 290 Å². The Kier molecular flexibility index (Phi) is 3.42. The van der Waals surface area contributed by atoms with E-state index in [0.29, 0.717) is 17.7 Å². The Morgan fingerprint density at radius 3 is 2.00 bits per heavy atom. The van der Waals surface area contributed by atoms with Gasteiger partial charge in [-0.05, 0) is 96.4 Å². The fourth-order valence-electron chi connectivity index (χ4n) is 6.85. The molecule has 0 spiro atoms. The van der Waals surface area contributed by atoms with E-state index in [9.17, 15) is 9.60 Å². The molecule has 2 nitrogen and oxygen atoms in total. The summed E-state index contributed by atoms with van der Waals surface area (Å²) >= 11 is 0. The van der Waals surface area contributed by atoms with Gasteiger partial charge in [0.15, 0.2) is 0 Å². The number of hydrogen-bond donors (Lipinski definition) is 0. The number of imidazole rings is 1. The second-order valence-electron chi connectivity index (χ2n) is 11.9. The van der Waals surface area contributed by atoms with Crippen LogP contribution in [0.3, 0.4) is 0 Å². The zero-order chi connectivity index (χ0) is 44.0. The lowest BCUT2D eigenvalue weighted by Crippen LogP contribution is -2.14. The van der Waals surface area contributed by atoms with Gasteiger partial charge in [-0.3, -0.25) is 4.57 Å². The molecule has 220 valence electrons. The summed E-state index contributed by atoms with van der Waals surface area (Å²) in [5.41, 5.74) is 0.766. The Hall–Kier alpha value is -5.47. The average molecular weight is 606 g/mol. The van der Waals surface area contributed by atoms with E-state index in [1.165, 1.54) is 0 Å². The second-order valence-corrected chi connectivity index (χ2v) is 11.9. The molecule has 8 aromatic rings. The SMILES string of the molecule is [2H]c1c([2H])c([2H])c2c(c1[2H])-c1c([2H])c([2H])c(-c3c4c([2H])c([2H])c([2H])c([2H])c4c(-c4cccc(-n5c(CC)nc6ccccc65)c4)c4c([2H])c([2H])c([2H])c([2H])c34)c([2H])c1C2(C)C. The average Bonchev–Trinajstić information content (AvgIpc) is 3.75. The summed E-state index contributed by atoms with van der Waals surface area (Å²) < 4.78 is 139. The summed E-state index contributed by atoms with van der Waals surface area (Å²) in [6.45, 7) is 5.25. The predicted molar refractivity (Wildman–Crippen MR) is 194 cm³/mol. The Morgan fingerprint density at radius 1 is 0.652 bits per heavy atom. The quantitative estimate of drug-likeness (QED) is 0.182. The third-order valence-electron chi connectivity index (χ3n) is 8.96. The normalized spacial score (nSPS) is 17.9. The van der Waals surface area contributed by atoms with Crippen LogP contribution in [0.1, 0.15) is 58.3 Å². The van der Waals surface area contributed by atoms with E-state index in [4.69, 9.17) is 16.0 Å². The lowest BCUT2D eigenvalue weighted by atomic mass is 9.80. The number of hydrogen-bond acceptors (Lipinski definition) is 1. The van der Waals surface area contributed by atoms with Crippen molar-refractivity contribution in [1.82, 2.24) is 9.55 Å². The van der Waals surface area contributed by atoms with Crippen LogP contribution >= 0.6 is 0 Å². The minimum atomic E-state index is -1.35. The largest absolute Gasteiger partial charge is 0.296 e. The highest BCUT2D eigenvalue weighted by molar-refractivity contribution is 6.21. The molecule has 7 aromatic carbocycles. The molecule has 1 aliphatic carbocycles. The topological polar surface area (TPSA) is 17.8 Å². The number of rotatable bonds is 4. The van der Waals surface area contributed by atoms with Crippen LogP contribution in [0.15, 0.2) is 139 Å². The van der Waals surface area contributed by atoms with Gasteiger partial charge in [-0.25, -0.2) is 4.98 Å². The summed E-state index contributed by atoms with van der Waals surface area (Å²) in [5, 5.41) is -0.722. The predicted octanol–water partition coefficient (Wildman–Crippen LogP) is 11.5. The maximum atomic E-state index is 9.89. The molecule has 9 rings (SSSR count). The van der Waals surface area contributed by atoms with Gasteiger partial charge in [0.25, 0.3) is 0 Å². The summed E-state index contributed by atoms with van der Waals surface area (Å²) in [7, 11) is 0. The first-order chi connectivity index (χ1) is 28.8. The van der Waals surface area contributed by atoms with Gasteiger partial charge in [0.1, 0.15) is 5.82 Å². The maximum absolute atomic E-state index is 9.89. The van der Waals surface area contributed by atoms with Gasteiger partial charge in [-0.1, -0.05) is 130 Å². The van der Waals surface area contributed by atoms with Crippen molar-refractivity contribution in [3.63, 3.8) is 0 Å². The van der Waals surface area contributed by atoms with Crippen LogP contribution in [0.4, 0.5) is 0 Å². The van der Waals surface area contributed by atoms with Crippen molar-refractivity contribution >= 4 is 32.6 Å². The fraction of sp³-hybridized carbons (Fsp3) is 0.114. The molecule has 1 aromatic heterocycles. The first-order valence-corrected chi connectivity index (χ1v) is 15.1. The maximum Gasteiger partial charge on any atom is 0.114 e. The van der Waals surface area contributed by atoms with Gasteiger partial charge < -0.3 is 0 Å². The van der Waals surface area contributed by atoms with Crippen LogP contribution in [0, 0.1) is 0 Å². The Bertz CT molecular complexity index is 3250. The molecule has 2 heteroatoms. The van der Waals surface area contributed by atoms with E-state index in [1.54, 1.807) is 32.0 Å². The molecular weight excluding hydrogens is 556 g/mol. The third-order valence-corrected chi connectivity index (χ3v) is 8.96. The van der Waals surface area contributed by atoms with Crippen molar-refractivity contribution in [2.75, 3.05) is 0 Å². The molecule has 1 aliphatic rings. The molecule has 0 radical (unpaired) electrons. The summed E-state index contributed by atoms with van der Waals surface area (Å²) in [5.74, 6) is 0.735. The van der Waals surface area contributed by atoms with E-state index in [1.807, 2.05) is 41.8 Å². The lowest BCUT2D eigenvalue weighted by molar-refractivity contribution is 0.660. The molecular formula is C44H34N2. The third kappa shape index (κ3) is 3.80. The van der Waals surface area contributed by atoms with Gasteiger partial charge in [-0.2, -0.15) is 0 Å². The zero-order valence-electron chi connectivity index (χ0n) is 40.2. The van der Waals surface area contributed by atoms with Crippen LogP contribution in [-0.2, 0) is 11.8 Å². The molecule has 0 amide bonds. The van der Waals surface area contributed by atoms with Crippen LogP contribution in [0.2, 0.25) is 0 Å². The minimum absolute atomic E-state index is 0.0183. The number of aromatic nitrogens is 2. The van der Waals surface area contributed by atoms with Crippen LogP contribution in [0.25, 0.3) is 71.6 Å². The number of fused-ring (bicyclic) bond motifs is 6. The van der Waals surface area contributed by atoms with Crippen molar-refractivity contribution in [2.45, 2.75) is 32.6 Å². The van der Waals surface area contributed by atoms with Gasteiger partial charge in [-0.15, -0.1) is 0 Å². The number of para-hydroxylation sites is 2. The van der Waals surface area contributed by atoms with Gasteiger partial charge in [0.2, 0.25) is 0 Å². The Morgan fingerprint density at radius 2 is 1.28 bits per heavy atom. The number of benzene rings is 7. The van der Waals surface area contributed by atoms with Gasteiger partial charge in [0, 0.05) is 17.5 Å². The highest BCUT2D eigenvalue weighted by Crippen LogP contribution is 2.51. The van der Waals surface area contributed by atoms with Crippen LogP contribution in [0.5, 0.6) is 0 Å². The molecule has 0 saturated heterocycles. The van der Waals surface area contributed by atoms with E-state index in [0.717, 1.165) is 16.9 Å². The first-order valence-electron chi connectivity index (χ1n) is 22.6. The molecule has 0 bridgehead atoms. The number of aryl methyl sites for hydroxylation is 1. The summed E-state index contributed by atoms with van der Waals surface area (Å²) in [4.78, 5) is 4.81. The summed E-state index contributed by atoms with van der Waals surface area (Å²) in [6, 6.07) is 6.33. The van der Waals surface area contributed by atoms with E-state index < -0.39 is 90.0 Å². The zero-order valence-corrected chi connectivity index (χ0v) is 25.2. The Balaban J connectivity index is 1.51. The van der Waals surface area contributed by atoms with Crippen molar-refractivity contribution in [3.8, 4) is 39.1 Å². The summed E-state index contributed by atoms with van der Waals surface area (Å²) in [6.07, 6.45) is 0.562. The minimum Gasteiger partial charge on any atom is -0.296 e. The molecule has 46 heavy (non-hydrogen) atoms. The monoisotopic (exact) mass is 605 g/mol. The molecule has 0 saturated carbocycles. The fourth-order valence-corrected chi connectivity index (χ4v) is 6.85. The lowest BCUT2D eigenvalue weighted by Gasteiger charge is -2.23. The molecule has 1 heterocycles. The molecule has 0 N–H and O–H groups in total. The molecule has 0 unspecified atom stereocenters. The van der Waals surface area contributed by atoms with Crippen LogP contribution in [-0.4, -0.2) is 9.55 Å². The standard InChI is InChI=1S/C44H34N2/c1-4-41-45-39-22-11-12-23-40(39)46(41)30-15-13-14-28(26-30)42-33-17-5-7-19-35(33)43(36-20-8-6-18-34(36)42)29-24-25-32-31-16-9-10-21-37(31)44(2,3)38(32)27-29/h5-27H,4H2,1-3H3/i5D,6D,7D,8D,9D,10D,16D,17D,18D,19D,20D,21D,24D,25D,27D. The van der Waals surface area contributed by atoms with E-state index in [-0.39, 0.29) is 66.5 Å².